The van der Waals surface area contributed by atoms with E-state index in [1.54, 1.807) is 0 Å². The number of urea groups is 1. The summed E-state index contributed by atoms with van der Waals surface area (Å²) < 4.78 is 122. The highest BCUT2D eigenvalue weighted by atomic mass is 35.5. The van der Waals surface area contributed by atoms with E-state index in [-0.39, 0.29) is 10.7 Å². The molecule has 1 fully saturated rings. The molecule has 1 heterocycles. The number of carbonyl (C=O) groups excluding carboxylic acids is 2. The monoisotopic (exact) mass is 459 g/mol. The molecule has 29 heavy (non-hydrogen) atoms. The summed E-state index contributed by atoms with van der Waals surface area (Å²) in [5.74, 6) is -29.5. The summed E-state index contributed by atoms with van der Waals surface area (Å²) in [5, 5.41) is 2.02. The van der Waals surface area contributed by atoms with Crippen LogP contribution in [-0.4, -0.2) is 41.7 Å². The highest BCUT2D eigenvalue weighted by Gasteiger charge is 2.96. The summed E-state index contributed by atoms with van der Waals surface area (Å²) in [6, 6.07) is 3.58. The van der Waals surface area contributed by atoms with Gasteiger partial charge in [0.15, 0.2) is 0 Å². The molecule has 162 valence electrons. The lowest BCUT2D eigenvalue weighted by Gasteiger charge is -2.31. The fourth-order valence-electron chi connectivity index (χ4n) is 2.02. The average Bonchev–Trinajstić information content (AvgIpc) is 2.67. The predicted octanol–water partition coefficient (Wildman–Crippen LogP) is 3.69. The molecule has 3 N–H and O–H groups in total. The lowest BCUT2D eigenvalue weighted by molar-refractivity contribution is -0.367. The van der Waals surface area contributed by atoms with Crippen LogP contribution in [0.3, 0.4) is 0 Å². The van der Waals surface area contributed by atoms with Crippen molar-refractivity contribution in [3.63, 3.8) is 0 Å². The zero-order valence-corrected chi connectivity index (χ0v) is 14.1. The second kappa shape index (κ2) is 6.83. The van der Waals surface area contributed by atoms with Crippen LogP contribution in [0.4, 0.5) is 50.0 Å². The van der Waals surface area contributed by atoms with Gasteiger partial charge in [0.05, 0.1) is 0 Å². The third-order valence-corrected chi connectivity index (χ3v) is 3.73. The lowest BCUT2D eigenvalue weighted by Crippen LogP contribution is -2.66. The molecule has 3 amide bonds. The van der Waals surface area contributed by atoms with E-state index in [2.05, 4.69) is 4.74 Å². The van der Waals surface area contributed by atoms with Crippen molar-refractivity contribution in [1.82, 2.24) is 10.9 Å². The highest BCUT2D eigenvalue weighted by molar-refractivity contribution is 6.30. The molecular formula is C13H7ClF9N3O3. The molecular weight excluding hydrogens is 453 g/mol. The van der Waals surface area contributed by atoms with Crippen molar-refractivity contribution in [1.29, 1.82) is 0 Å². The minimum Gasteiger partial charge on any atom is -0.307 e. The van der Waals surface area contributed by atoms with E-state index in [1.807, 2.05) is 5.32 Å². The first-order valence-corrected chi connectivity index (χ1v) is 7.41. The molecule has 2 rings (SSSR count). The van der Waals surface area contributed by atoms with E-state index in [9.17, 15) is 49.1 Å². The Balaban J connectivity index is 2.14. The van der Waals surface area contributed by atoms with Gasteiger partial charge in [-0.3, -0.25) is 15.0 Å². The van der Waals surface area contributed by atoms with Gasteiger partial charge in [0, 0.05) is 10.7 Å². The highest BCUT2D eigenvalue weighted by Crippen LogP contribution is 2.64. The van der Waals surface area contributed by atoms with Crippen LogP contribution in [0, 0.1) is 0 Å². The van der Waals surface area contributed by atoms with Gasteiger partial charge in [0.2, 0.25) is 0 Å². The lowest BCUT2D eigenvalue weighted by atomic mass is 9.99. The summed E-state index contributed by atoms with van der Waals surface area (Å²) in [4.78, 5) is 22.8. The van der Waals surface area contributed by atoms with Crippen LogP contribution in [0.15, 0.2) is 24.3 Å². The maximum absolute atomic E-state index is 13.9. The van der Waals surface area contributed by atoms with E-state index in [0.29, 0.717) is 0 Å². The van der Waals surface area contributed by atoms with Gasteiger partial charge in [0.25, 0.3) is 0 Å². The summed E-state index contributed by atoms with van der Waals surface area (Å²) in [6.45, 7) is 0. The quantitative estimate of drug-likeness (QED) is 0.476. The minimum atomic E-state index is -6.83. The normalized spacial score (nSPS) is 24.6. The van der Waals surface area contributed by atoms with Gasteiger partial charge in [0.1, 0.15) is 0 Å². The third kappa shape index (κ3) is 3.41. The molecule has 1 aromatic carbocycles. The first-order chi connectivity index (χ1) is 13.0. The summed E-state index contributed by atoms with van der Waals surface area (Å²) in [6.07, 6.45) is -6.37. The van der Waals surface area contributed by atoms with Crippen molar-refractivity contribution < 1.29 is 53.8 Å². The van der Waals surface area contributed by atoms with Gasteiger partial charge < -0.3 is 5.32 Å². The molecule has 1 aromatic rings. The van der Waals surface area contributed by atoms with E-state index < -0.39 is 41.7 Å². The van der Waals surface area contributed by atoms with Gasteiger partial charge >= 0.3 is 41.7 Å². The van der Waals surface area contributed by atoms with Crippen molar-refractivity contribution in [2.45, 2.75) is 29.7 Å². The molecule has 1 aliphatic heterocycles. The summed E-state index contributed by atoms with van der Waals surface area (Å²) >= 11 is 5.59. The van der Waals surface area contributed by atoms with Crippen LogP contribution in [0.1, 0.15) is 0 Å². The molecule has 1 atom stereocenters. The fourth-order valence-corrected chi connectivity index (χ4v) is 2.21. The van der Waals surface area contributed by atoms with E-state index in [0.717, 1.165) is 16.9 Å². The third-order valence-electron chi connectivity index (χ3n) is 3.49. The molecule has 1 aliphatic rings. The number of benzene rings is 1. The van der Waals surface area contributed by atoms with Crippen LogP contribution in [0.2, 0.25) is 5.02 Å². The Labute approximate surface area is 159 Å². The molecule has 16 heteroatoms. The van der Waals surface area contributed by atoms with Gasteiger partial charge in [-0.2, -0.15) is 39.5 Å². The van der Waals surface area contributed by atoms with Crippen LogP contribution in [0.25, 0.3) is 0 Å². The number of alkyl halides is 9. The van der Waals surface area contributed by atoms with Gasteiger partial charge in [-0.1, -0.05) is 17.7 Å². The second-order valence-electron chi connectivity index (χ2n) is 5.48. The number of amides is 3. The molecule has 0 aliphatic carbocycles. The molecule has 0 radical (unpaired) electrons. The average molecular weight is 460 g/mol. The van der Waals surface area contributed by atoms with E-state index in [4.69, 9.17) is 11.6 Å². The molecule has 0 saturated carbocycles. The minimum absolute atomic E-state index is 0.0529. The number of hydrogen-bond acceptors (Lipinski definition) is 3. The largest absolute Gasteiger partial charge is 0.428 e. The number of carbonyl (C=O) groups is 2. The second-order valence-corrected chi connectivity index (χ2v) is 5.92. The van der Waals surface area contributed by atoms with Crippen LogP contribution < -0.4 is 16.2 Å². The van der Waals surface area contributed by atoms with Crippen molar-refractivity contribution >= 4 is 29.2 Å². The Morgan fingerprint density at radius 3 is 2.03 bits per heavy atom. The Morgan fingerprint density at radius 1 is 0.966 bits per heavy atom. The number of anilines is 1. The zero-order chi connectivity index (χ0) is 22.5. The predicted molar refractivity (Wildman–Crippen MR) is 76.5 cm³/mol. The molecule has 0 aromatic heterocycles. The van der Waals surface area contributed by atoms with Crippen molar-refractivity contribution in [3.05, 3.63) is 29.3 Å². The maximum Gasteiger partial charge on any atom is 0.428 e. The number of nitrogens with one attached hydrogen (secondary N) is 3. The molecule has 0 bridgehead atoms. The number of rotatable bonds is 3. The Bertz CT molecular complexity index is 839. The van der Waals surface area contributed by atoms with Crippen LogP contribution in [0.5, 0.6) is 0 Å². The SMILES string of the molecule is O=C(NNC(=O)C(F)(F)[C@]1(F)OC(F)(F)C(F)(F)C1(F)F)Nc1cccc(Cl)c1. The molecule has 1 saturated heterocycles. The van der Waals surface area contributed by atoms with Gasteiger partial charge in [-0.25, -0.2) is 10.2 Å². The van der Waals surface area contributed by atoms with E-state index >= 15 is 0 Å². The Hall–Kier alpha value is -2.42. The smallest absolute Gasteiger partial charge is 0.307 e. The van der Waals surface area contributed by atoms with Crippen molar-refractivity contribution in [2.24, 2.45) is 0 Å². The maximum atomic E-state index is 13.9. The standard InChI is InChI=1S/C13H7ClF9N3O3/c14-5-2-1-3-6(4-5)24-8(28)26-25-7(27)9(15,16)12(21)10(17,18)11(19,20)13(22,23)29-12/h1-4H,(H,25,27)(H2,24,26,28)/t12-/m0/s1. The van der Waals surface area contributed by atoms with Crippen molar-refractivity contribution in [2.75, 3.05) is 5.32 Å². The number of hydrogen-bond donors (Lipinski definition) is 3. The first-order valence-electron chi connectivity index (χ1n) is 7.03. The van der Waals surface area contributed by atoms with Crippen LogP contribution >= 0.6 is 11.6 Å². The summed E-state index contributed by atoms with van der Waals surface area (Å²) in [5.41, 5.74) is 1.82. The molecule has 6 nitrogen and oxygen atoms in total. The van der Waals surface area contributed by atoms with E-state index in [1.165, 1.54) is 18.2 Å². The Kier molecular flexibility index (Phi) is 5.38. The van der Waals surface area contributed by atoms with Crippen LogP contribution in [-0.2, 0) is 9.53 Å². The Morgan fingerprint density at radius 2 is 1.55 bits per heavy atom. The molecule has 0 unspecified atom stereocenters. The molecule has 0 spiro atoms. The topological polar surface area (TPSA) is 79.5 Å². The number of halogens is 10. The number of ether oxygens (including phenoxy) is 1. The van der Waals surface area contributed by atoms with Gasteiger partial charge in [-0.15, -0.1) is 0 Å². The van der Waals surface area contributed by atoms with Gasteiger partial charge in [-0.05, 0) is 18.2 Å². The van der Waals surface area contributed by atoms with Crippen molar-refractivity contribution in [3.8, 4) is 0 Å². The fraction of sp³-hybridized carbons (Fsp3) is 0.385. The number of hydrazine groups is 1. The zero-order valence-electron chi connectivity index (χ0n) is 13.3. The first kappa shape index (κ1) is 22.9. The summed E-state index contributed by atoms with van der Waals surface area (Å²) in [7, 11) is 0.